The number of piperidine rings is 2. The normalized spacial score (nSPS) is 24.9. The Hall–Kier alpha value is -4.20. The van der Waals surface area contributed by atoms with E-state index in [9.17, 15) is 20.1 Å². The van der Waals surface area contributed by atoms with Gasteiger partial charge in [-0.25, -0.2) is 9.59 Å². The Balaban J connectivity index is 1.05. The van der Waals surface area contributed by atoms with Crippen molar-refractivity contribution in [3.8, 4) is 12.1 Å². The maximum Gasteiger partial charge on any atom is 0.356 e. The second-order valence-corrected chi connectivity index (χ2v) is 16.6. The number of nitriles is 2. The van der Waals surface area contributed by atoms with Gasteiger partial charge < -0.3 is 9.68 Å². The minimum Gasteiger partial charge on any atom is -0.331 e. The predicted molar refractivity (Wildman–Crippen MR) is 211 cm³/mol. The molecule has 0 N–H and O–H groups in total. The molecule has 2 saturated heterocycles. The lowest BCUT2D eigenvalue weighted by Crippen LogP contribution is -2.49. The second-order valence-electron chi connectivity index (χ2n) is 15.1. The zero-order valence-electron chi connectivity index (χ0n) is 31.3. The first-order valence-electron chi connectivity index (χ1n) is 19.1. The van der Waals surface area contributed by atoms with E-state index in [-0.39, 0.29) is 0 Å². The van der Waals surface area contributed by atoms with E-state index < -0.39 is 11.9 Å². The maximum absolute atomic E-state index is 13.4. The van der Waals surface area contributed by atoms with Gasteiger partial charge in [0.1, 0.15) is 10.1 Å². The smallest absolute Gasteiger partial charge is 0.331 e. The molecule has 0 bridgehead atoms. The Morgan fingerprint density at radius 3 is 1.54 bits per heavy atom. The zero-order valence-corrected chi connectivity index (χ0v) is 32.9. The maximum atomic E-state index is 13.4. The minimum atomic E-state index is -0.670. The van der Waals surface area contributed by atoms with Gasteiger partial charge in [0, 0.05) is 72.8 Å². The molecular weight excluding hydrogens is 717 g/mol. The Bertz CT molecular complexity index is 2090. The SMILES string of the molecule is CCN1CC(CC#N)C[C@H]2c3cccc4c3c(c(SC)n4OC(=O)/C=C\C(=O)On3c(SC)c4c5c(cccc53)[C@@H]3CC(CC#N)CN(CC)[C@H]3C4)C[C@@H]21. The number of carbonyl (C=O) groups excluding carboxylic acids is 2. The topological polar surface area (TPSA) is 117 Å². The predicted octanol–water partition coefficient (Wildman–Crippen LogP) is 6.73. The lowest BCUT2D eigenvalue weighted by Gasteiger charge is -2.46. The standard InChI is InChI=1S/C42H46N6O4S2/c1-5-45-23-25(15-17-43)19-29-27-9-7-11-33-39(27)31(21-35(29)45)41(53-3)47(33)51-37(49)13-14-38(50)52-48-34-12-8-10-28-30-20-26(16-18-44)24-46(6-2)36(30)22-32(40(28)34)42(48)54-4/h7-14,25-26,29-30,35-36H,5-6,15-16,19-24H2,1-4H3/b14-13-/t25?,26?,29-,30-,35-,36-/m0/s1. The van der Waals surface area contributed by atoms with Crippen LogP contribution in [0, 0.1) is 34.5 Å². The number of fused-ring (bicyclic) bond motifs is 4. The third-order valence-electron chi connectivity index (χ3n) is 12.4. The number of aromatic nitrogens is 2. The molecule has 0 radical (unpaired) electrons. The summed E-state index contributed by atoms with van der Waals surface area (Å²) in [4.78, 5) is 43.9. The molecule has 280 valence electrons. The highest BCUT2D eigenvalue weighted by atomic mass is 32.2. The van der Waals surface area contributed by atoms with Crippen molar-refractivity contribution in [3.63, 3.8) is 0 Å². The van der Waals surface area contributed by atoms with E-state index in [2.05, 4.69) is 47.9 Å². The molecule has 8 rings (SSSR count). The third-order valence-corrected chi connectivity index (χ3v) is 14.0. The number of likely N-dealkylation sites (N-methyl/N-ethyl adjacent to an activating group) is 2. The molecular formula is C42H46N6O4S2. The largest absolute Gasteiger partial charge is 0.356 e. The van der Waals surface area contributed by atoms with Crippen LogP contribution in [0.1, 0.15) is 73.6 Å². The highest BCUT2D eigenvalue weighted by Crippen LogP contribution is 2.50. The van der Waals surface area contributed by atoms with Gasteiger partial charge in [0.2, 0.25) is 0 Å². The first-order valence-corrected chi connectivity index (χ1v) is 21.5. The van der Waals surface area contributed by atoms with Crippen LogP contribution in [-0.4, -0.2) is 82.0 Å². The van der Waals surface area contributed by atoms with Crippen molar-refractivity contribution in [1.82, 2.24) is 19.3 Å². The fourth-order valence-corrected chi connectivity index (χ4v) is 11.8. The van der Waals surface area contributed by atoms with Crippen molar-refractivity contribution in [2.45, 2.75) is 86.3 Å². The van der Waals surface area contributed by atoms with Crippen molar-refractivity contribution in [2.24, 2.45) is 11.8 Å². The molecule has 54 heavy (non-hydrogen) atoms. The van der Waals surface area contributed by atoms with Crippen LogP contribution in [0.3, 0.4) is 0 Å². The summed E-state index contributed by atoms with van der Waals surface area (Å²) in [6, 6.07) is 17.8. The fraction of sp³-hybridized carbons (Fsp3) is 0.476. The van der Waals surface area contributed by atoms with Crippen molar-refractivity contribution < 1.29 is 19.3 Å². The molecule has 10 nitrogen and oxygen atoms in total. The number of benzene rings is 2. The van der Waals surface area contributed by atoms with E-state index in [1.54, 1.807) is 33.0 Å². The number of nitrogens with zero attached hydrogens (tertiary/aromatic N) is 6. The van der Waals surface area contributed by atoms with Crippen LogP contribution in [0.5, 0.6) is 0 Å². The molecule has 2 fully saturated rings. The lowest BCUT2D eigenvalue weighted by atomic mass is 9.72. The average molecular weight is 763 g/mol. The Morgan fingerprint density at radius 1 is 0.741 bits per heavy atom. The summed E-state index contributed by atoms with van der Waals surface area (Å²) in [5, 5.41) is 23.0. The number of hydrogen-bond acceptors (Lipinski definition) is 10. The Kier molecular flexibility index (Phi) is 10.3. The highest BCUT2D eigenvalue weighted by Gasteiger charge is 2.43. The van der Waals surface area contributed by atoms with E-state index in [1.807, 2.05) is 36.8 Å². The Morgan fingerprint density at radius 2 is 1.17 bits per heavy atom. The number of thioether (sulfide) groups is 2. The van der Waals surface area contributed by atoms with Crippen LogP contribution in [0.25, 0.3) is 21.8 Å². The molecule has 2 unspecified atom stereocenters. The summed E-state index contributed by atoms with van der Waals surface area (Å²) >= 11 is 3.11. The zero-order chi connectivity index (χ0) is 37.7. The molecule has 2 aliphatic carbocycles. The Labute approximate surface area is 324 Å². The van der Waals surface area contributed by atoms with Crippen LogP contribution in [0.4, 0.5) is 0 Å². The molecule has 0 saturated carbocycles. The summed E-state index contributed by atoms with van der Waals surface area (Å²) in [7, 11) is 0. The molecule has 2 aromatic heterocycles. The van der Waals surface area contributed by atoms with Gasteiger partial charge in [0.05, 0.1) is 23.2 Å². The van der Waals surface area contributed by atoms with Crippen molar-refractivity contribution in [1.29, 1.82) is 10.5 Å². The van der Waals surface area contributed by atoms with Crippen LogP contribution < -0.4 is 9.68 Å². The first kappa shape index (κ1) is 36.8. The molecule has 6 atom stereocenters. The number of rotatable bonds is 10. The number of carbonyl (C=O) groups is 2. The van der Waals surface area contributed by atoms with Crippen LogP contribution >= 0.6 is 23.5 Å². The molecule has 4 aliphatic rings. The van der Waals surface area contributed by atoms with Gasteiger partial charge in [-0.3, -0.25) is 9.80 Å². The summed E-state index contributed by atoms with van der Waals surface area (Å²) < 4.78 is 3.26. The van der Waals surface area contributed by atoms with Gasteiger partial charge in [-0.2, -0.15) is 20.0 Å². The van der Waals surface area contributed by atoms with E-state index in [0.717, 1.165) is 95.9 Å². The molecule has 4 heterocycles. The van der Waals surface area contributed by atoms with Gasteiger partial charge in [-0.1, -0.05) is 38.1 Å². The highest BCUT2D eigenvalue weighted by molar-refractivity contribution is 7.98. The molecule has 2 aromatic carbocycles. The number of likely N-dealkylation sites (tertiary alicyclic amines) is 2. The van der Waals surface area contributed by atoms with E-state index in [0.29, 0.717) is 48.6 Å². The van der Waals surface area contributed by atoms with E-state index in [4.69, 9.17) is 9.68 Å². The van der Waals surface area contributed by atoms with Crippen LogP contribution in [0.2, 0.25) is 0 Å². The van der Waals surface area contributed by atoms with Crippen LogP contribution in [0.15, 0.2) is 58.6 Å². The summed E-state index contributed by atoms with van der Waals surface area (Å²) in [6.07, 6.45) is 11.0. The van der Waals surface area contributed by atoms with Gasteiger partial charge in [0.15, 0.2) is 0 Å². The third kappa shape index (κ3) is 6.12. The molecule has 12 heteroatoms. The molecule has 4 aromatic rings. The first-order chi connectivity index (χ1) is 26.3. The fourth-order valence-electron chi connectivity index (χ4n) is 10.3. The minimum absolute atomic E-state index is 0.302. The van der Waals surface area contributed by atoms with Crippen molar-refractivity contribution >= 4 is 57.3 Å². The summed E-state index contributed by atoms with van der Waals surface area (Å²) in [5.74, 6) is -0.0809. The van der Waals surface area contributed by atoms with E-state index >= 15 is 0 Å². The van der Waals surface area contributed by atoms with Gasteiger partial charge in [-0.15, -0.1) is 23.5 Å². The second kappa shape index (κ2) is 15.1. The quantitative estimate of drug-likeness (QED) is 0.127. The number of hydrogen-bond donors (Lipinski definition) is 0. The van der Waals surface area contributed by atoms with Crippen molar-refractivity contribution in [3.05, 3.63) is 70.8 Å². The lowest BCUT2D eigenvalue weighted by molar-refractivity contribution is -0.141. The van der Waals surface area contributed by atoms with Gasteiger partial charge in [0.25, 0.3) is 0 Å². The van der Waals surface area contributed by atoms with Crippen molar-refractivity contribution in [2.75, 3.05) is 38.7 Å². The monoisotopic (exact) mass is 762 g/mol. The molecule has 0 spiro atoms. The van der Waals surface area contributed by atoms with Gasteiger partial charge in [-0.05, 0) is 97.5 Å². The van der Waals surface area contributed by atoms with Crippen LogP contribution in [-0.2, 0) is 22.4 Å². The summed E-state index contributed by atoms with van der Waals surface area (Å²) in [6.45, 7) is 8.05. The molecule has 2 aliphatic heterocycles. The van der Waals surface area contributed by atoms with Gasteiger partial charge >= 0.3 is 11.9 Å². The average Bonchev–Trinajstić information content (AvgIpc) is 3.65. The molecule has 0 amide bonds. The van der Waals surface area contributed by atoms with E-state index in [1.165, 1.54) is 22.3 Å². The summed E-state index contributed by atoms with van der Waals surface area (Å²) in [5.41, 5.74) is 6.53.